The summed E-state index contributed by atoms with van der Waals surface area (Å²) in [7, 11) is 0. The number of benzene rings is 6. The van der Waals surface area contributed by atoms with Crippen LogP contribution in [0.15, 0.2) is 121 Å². The van der Waals surface area contributed by atoms with Gasteiger partial charge in [0.2, 0.25) is 6.71 Å². The fraction of sp³-hybridized carbons (Fsp3) is 0.0769. The van der Waals surface area contributed by atoms with Gasteiger partial charge in [0.15, 0.2) is 0 Å². The number of rotatable bonds is 2. The van der Waals surface area contributed by atoms with Crippen molar-refractivity contribution < 1.29 is 0 Å². The van der Waals surface area contributed by atoms with Gasteiger partial charge in [0.1, 0.15) is 0 Å². The molecule has 2 aromatic heterocycles. The third kappa shape index (κ3) is 3.06. The van der Waals surface area contributed by atoms with E-state index in [2.05, 4.69) is 151 Å². The molecule has 0 bridgehead atoms. The van der Waals surface area contributed by atoms with Crippen LogP contribution >= 0.6 is 0 Å². The SMILES string of the molecule is CB1c2c(C)cc(-n3c4ccccc4c4ccccc43)cc2-c2cc(-n3c4ccccc4c4ccccc43)cc(C)c21. The summed E-state index contributed by atoms with van der Waals surface area (Å²) in [6.45, 7) is 7.32. The molecule has 42 heavy (non-hydrogen) atoms. The van der Waals surface area contributed by atoms with Crippen LogP contribution in [0.3, 0.4) is 0 Å². The second-order valence-corrected chi connectivity index (χ2v) is 11.9. The van der Waals surface area contributed by atoms with E-state index in [-0.39, 0.29) is 0 Å². The maximum atomic E-state index is 2.45. The van der Waals surface area contributed by atoms with E-state index in [0.717, 1.165) is 0 Å². The minimum atomic E-state index is 0.356. The fourth-order valence-electron chi connectivity index (χ4n) is 7.96. The Bertz CT molecular complexity index is 2130. The molecule has 2 nitrogen and oxygen atoms in total. The Kier molecular flexibility index (Phi) is 4.79. The van der Waals surface area contributed by atoms with E-state index in [1.165, 1.54) is 88.2 Å². The van der Waals surface area contributed by atoms with Crippen molar-refractivity contribution in [2.24, 2.45) is 0 Å². The number of hydrogen-bond donors (Lipinski definition) is 0. The van der Waals surface area contributed by atoms with Crippen LogP contribution in [0.5, 0.6) is 0 Å². The predicted octanol–water partition coefficient (Wildman–Crippen LogP) is 8.72. The highest BCUT2D eigenvalue weighted by Gasteiger charge is 2.32. The molecule has 3 heterocycles. The van der Waals surface area contributed by atoms with Gasteiger partial charge in [0, 0.05) is 32.9 Å². The maximum absolute atomic E-state index is 2.45. The highest BCUT2D eigenvalue weighted by Crippen LogP contribution is 2.37. The van der Waals surface area contributed by atoms with E-state index in [4.69, 9.17) is 0 Å². The maximum Gasteiger partial charge on any atom is 0.208 e. The summed E-state index contributed by atoms with van der Waals surface area (Å²) in [5.74, 6) is 0. The first kappa shape index (κ1) is 23.7. The van der Waals surface area contributed by atoms with Gasteiger partial charge in [-0.1, -0.05) is 102 Å². The predicted molar refractivity (Wildman–Crippen MR) is 181 cm³/mol. The molecular formula is C39H29BN2. The van der Waals surface area contributed by atoms with E-state index in [0.29, 0.717) is 6.71 Å². The van der Waals surface area contributed by atoms with Gasteiger partial charge in [-0.3, -0.25) is 0 Å². The molecule has 0 radical (unpaired) electrons. The summed E-state index contributed by atoms with van der Waals surface area (Å²) in [5, 5.41) is 5.18. The van der Waals surface area contributed by atoms with Crippen molar-refractivity contribution in [1.82, 2.24) is 9.13 Å². The number of aryl methyl sites for hydroxylation is 2. The lowest BCUT2D eigenvalue weighted by Gasteiger charge is -2.15. The molecule has 0 atom stereocenters. The topological polar surface area (TPSA) is 9.86 Å². The van der Waals surface area contributed by atoms with Crippen molar-refractivity contribution in [3.63, 3.8) is 0 Å². The number of fused-ring (bicyclic) bond motifs is 9. The molecule has 198 valence electrons. The lowest BCUT2D eigenvalue weighted by atomic mass is 9.43. The van der Waals surface area contributed by atoms with E-state index < -0.39 is 0 Å². The quantitative estimate of drug-likeness (QED) is 0.196. The van der Waals surface area contributed by atoms with Crippen LogP contribution in [0.1, 0.15) is 11.1 Å². The smallest absolute Gasteiger partial charge is 0.208 e. The van der Waals surface area contributed by atoms with Crippen LogP contribution < -0.4 is 10.9 Å². The van der Waals surface area contributed by atoms with Crippen LogP contribution in [-0.2, 0) is 0 Å². The first-order chi connectivity index (χ1) is 20.6. The highest BCUT2D eigenvalue weighted by atomic mass is 15.0. The summed E-state index contributed by atoms with van der Waals surface area (Å²) >= 11 is 0. The molecule has 8 aromatic rings. The summed E-state index contributed by atoms with van der Waals surface area (Å²) < 4.78 is 4.90. The molecule has 0 spiro atoms. The van der Waals surface area contributed by atoms with Crippen LogP contribution in [0.4, 0.5) is 0 Å². The number of hydrogen-bond acceptors (Lipinski definition) is 0. The first-order valence-electron chi connectivity index (χ1n) is 14.9. The largest absolute Gasteiger partial charge is 0.309 e. The lowest BCUT2D eigenvalue weighted by molar-refractivity contribution is 1.17. The van der Waals surface area contributed by atoms with Crippen molar-refractivity contribution in [3.8, 4) is 22.5 Å². The monoisotopic (exact) mass is 536 g/mol. The molecule has 9 rings (SSSR count). The van der Waals surface area contributed by atoms with Crippen molar-refractivity contribution >= 4 is 61.3 Å². The third-order valence-corrected chi connectivity index (χ3v) is 9.58. The van der Waals surface area contributed by atoms with E-state index >= 15 is 0 Å². The molecule has 0 amide bonds. The van der Waals surface area contributed by atoms with Crippen LogP contribution in [0, 0.1) is 13.8 Å². The van der Waals surface area contributed by atoms with Gasteiger partial charge in [-0.05, 0) is 73.5 Å². The summed E-state index contributed by atoms with van der Waals surface area (Å²) in [5.41, 5.74) is 15.8. The summed E-state index contributed by atoms with van der Waals surface area (Å²) in [6, 6.07) is 44.8. The van der Waals surface area contributed by atoms with Gasteiger partial charge in [-0.2, -0.15) is 0 Å². The molecule has 0 unspecified atom stereocenters. The summed E-state index contributed by atoms with van der Waals surface area (Å²) in [6.07, 6.45) is 0. The molecule has 3 heteroatoms. The lowest BCUT2D eigenvalue weighted by Crippen LogP contribution is -2.37. The Balaban J connectivity index is 1.33. The Hall–Kier alpha value is -5.02. The van der Waals surface area contributed by atoms with Gasteiger partial charge in [-0.15, -0.1) is 0 Å². The van der Waals surface area contributed by atoms with Crippen molar-refractivity contribution in [3.05, 3.63) is 132 Å². The molecule has 1 aliphatic heterocycles. The van der Waals surface area contributed by atoms with Gasteiger partial charge in [-0.25, -0.2) is 0 Å². The number of nitrogens with zero attached hydrogens (tertiary/aromatic N) is 2. The number of para-hydroxylation sites is 4. The van der Waals surface area contributed by atoms with E-state index in [9.17, 15) is 0 Å². The van der Waals surface area contributed by atoms with Crippen LogP contribution in [0.25, 0.3) is 66.1 Å². The van der Waals surface area contributed by atoms with Crippen LogP contribution in [0.2, 0.25) is 6.82 Å². The molecule has 6 aromatic carbocycles. The average Bonchev–Trinajstić information content (AvgIpc) is 3.63. The zero-order valence-electron chi connectivity index (χ0n) is 24.0. The van der Waals surface area contributed by atoms with E-state index in [1.54, 1.807) is 0 Å². The van der Waals surface area contributed by atoms with Gasteiger partial charge < -0.3 is 9.13 Å². The van der Waals surface area contributed by atoms with Gasteiger partial charge in [0.05, 0.1) is 22.1 Å². The Labute approximate surface area is 245 Å². The number of aromatic nitrogens is 2. The second kappa shape index (κ2) is 8.50. The third-order valence-electron chi connectivity index (χ3n) is 9.58. The molecule has 1 aliphatic rings. The van der Waals surface area contributed by atoms with Gasteiger partial charge >= 0.3 is 0 Å². The normalized spacial score (nSPS) is 12.6. The minimum absolute atomic E-state index is 0.356. The Morgan fingerprint density at radius 1 is 0.429 bits per heavy atom. The summed E-state index contributed by atoms with van der Waals surface area (Å²) in [4.78, 5) is 0. The molecule has 0 N–H and O–H groups in total. The first-order valence-corrected chi connectivity index (χ1v) is 14.9. The molecule has 0 aliphatic carbocycles. The standard InChI is InChI=1S/C39H29BN2/c1-24-20-26(41-34-16-8-4-12-28(34)29-13-5-9-17-35(29)41)22-32-33-23-27(21-25(2)39(33)40(3)38(24)32)42-36-18-10-6-14-30(36)31-15-7-11-19-37(31)42/h4-23H,1-3H3. The van der Waals surface area contributed by atoms with Crippen molar-refractivity contribution in [2.45, 2.75) is 20.7 Å². The fourth-order valence-corrected chi connectivity index (χ4v) is 7.96. The Morgan fingerprint density at radius 3 is 1.07 bits per heavy atom. The van der Waals surface area contributed by atoms with Crippen LogP contribution in [-0.4, -0.2) is 15.8 Å². The minimum Gasteiger partial charge on any atom is -0.309 e. The van der Waals surface area contributed by atoms with E-state index in [1.807, 2.05) is 0 Å². The second-order valence-electron chi connectivity index (χ2n) is 11.9. The molecule has 0 saturated heterocycles. The molecule has 0 saturated carbocycles. The van der Waals surface area contributed by atoms with Crippen molar-refractivity contribution in [1.29, 1.82) is 0 Å². The molecular weight excluding hydrogens is 507 g/mol. The average molecular weight is 536 g/mol. The van der Waals surface area contributed by atoms with Gasteiger partial charge in [0.25, 0.3) is 0 Å². The Morgan fingerprint density at radius 2 is 0.738 bits per heavy atom. The highest BCUT2D eigenvalue weighted by molar-refractivity contribution is 6.89. The molecule has 0 fully saturated rings. The zero-order chi connectivity index (χ0) is 28.1. The van der Waals surface area contributed by atoms with Crippen molar-refractivity contribution in [2.75, 3.05) is 0 Å². The zero-order valence-corrected chi connectivity index (χ0v) is 24.0.